The molecule has 2 aliphatic rings. The fourth-order valence-electron chi connectivity index (χ4n) is 3.51. The maximum atomic E-state index is 11.9. The number of carbonyl (C=O) groups is 1. The summed E-state index contributed by atoms with van der Waals surface area (Å²) in [5, 5.41) is 6.40. The van der Waals surface area contributed by atoms with Gasteiger partial charge in [0.15, 0.2) is 0 Å². The minimum absolute atomic E-state index is 0.0122. The molecule has 3 rings (SSSR count). The predicted molar refractivity (Wildman–Crippen MR) is 81.1 cm³/mol. The number of hydrogen-bond donors (Lipinski definition) is 2. The number of piperidine rings is 1. The van der Waals surface area contributed by atoms with Gasteiger partial charge in [-0.05, 0) is 49.9 Å². The molecular formula is C16H23N3O. The third kappa shape index (κ3) is 2.40. The van der Waals surface area contributed by atoms with Crippen LogP contribution in [0.1, 0.15) is 28.8 Å². The van der Waals surface area contributed by atoms with E-state index in [4.69, 9.17) is 0 Å². The van der Waals surface area contributed by atoms with Crippen molar-refractivity contribution in [2.24, 2.45) is 5.92 Å². The van der Waals surface area contributed by atoms with Crippen molar-refractivity contribution < 1.29 is 4.79 Å². The summed E-state index contributed by atoms with van der Waals surface area (Å²) in [5.41, 5.74) is 2.92. The molecule has 4 nitrogen and oxygen atoms in total. The summed E-state index contributed by atoms with van der Waals surface area (Å²) in [4.78, 5) is 14.4. The second-order valence-corrected chi connectivity index (χ2v) is 5.95. The first-order valence-electron chi connectivity index (χ1n) is 7.49. The molecule has 2 aliphatic heterocycles. The first kappa shape index (κ1) is 13.4. The number of hydrogen-bond acceptors (Lipinski definition) is 3. The molecule has 1 aromatic rings. The number of fused-ring (bicyclic) bond motifs is 2. The van der Waals surface area contributed by atoms with Gasteiger partial charge in [0.25, 0.3) is 5.91 Å². The van der Waals surface area contributed by atoms with Crippen LogP contribution in [0.25, 0.3) is 0 Å². The lowest BCUT2D eigenvalue weighted by Crippen LogP contribution is -2.39. The summed E-state index contributed by atoms with van der Waals surface area (Å²) >= 11 is 0. The number of amides is 1. The fourth-order valence-corrected chi connectivity index (χ4v) is 3.51. The average Bonchev–Trinajstić information content (AvgIpc) is 2.86. The highest BCUT2D eigenvalue weighted by atomic mass is 16.1. The number of rotatable bonds is 3. The second kappa shape index (κ2) is 5.44. The van der Waals surface area contributed by atoms with Crippen molar-refractivity contribution in [1.82, 2.24) is 10.2 Å². The van der Waals surface area contributed by atoms with Gasteiger partial charge in [-0.15, -0.1) is 0 Å². The highest BCUT2D eigenvalue weighted by molar-refractivity contribution is 5.96. The standard InChI is InChI=1S/C16H23N3O/c1-11-13(16(20)17-2)4-3-5-14(11)18-15-7-9-19-8-6-12(15)10-19/h3-5,12,15,18H,6-10H2,1-2H3,(H,17,20). The number of anilines is 1. The molecule has 1 amide bonds. The summed E-state index contributed by atoms with van der Waals surface area (Å²) in [6.45, 7) is 5.70. The molecule has 0 aliphatic carbocycles. The highest BCUT2D eigenvalue weighted by Gasteiger charge is 2.34. The Morgan fingerprint density at radius 1 is 1.30 bits per heavy atom. The van der Waals surface area contributed by atoms with E-state index in [1.54, 1.807) is 7.05 Å². The van der Waals surface area contributed by atoms with Crippen LogP contribution in [-0.4, -0.2) is 43.5 Å². The van der Waals surface area contributed by atoms with Crippen molar-refractivity contribution in [3.8, 4) is 0 Å². The summed E-state index contributed by atoms with van der Waals surface area (Å²) in [6, 6.07) is 6.48. The van der Waals surface area contributed by atoms with Crippen molar-refractivity contribution in [2.45, 2.75) is 25.8 Å². The van der Waals surface area contributed by atoms with Crippen LogP contribution < -0.4 is 10.6 Å². The Labute approximate surface area is 120 Å². The van der Waals surface area contributed by atoms with Gasteiger partial charge in [0.2, 0.25) is 0 Å². The van der Waals surface area contributed by atoms with Gasteiger partial charge in [-0.2, -0.15) is 0 Å². The van der Waals surface area contributed by atoms with Crippen LogP contribution in [0.4, 0.5) is 5.69 Å². The van der Waals surface area contributed by atoms with E-state index >= 15 is 0 Å². The second-order valence-electron chi connectivity index (χ2n) is 5.95. The fraction of sp³-hybridized carbons (Fsp3) is 0.562. The molecule has 2 saturated heterocycles. The van der Waals surface area contributed by atoms with Gasteiger partial charge >= 0.3 is 0 Å². The SMILES string of the molecule is CNC(=O)c1cccc(NC2CCN3CCC2C3)c1C. The van der Waals surface area contributed by atoms with Crippen LogP contribution in [0.3, 0.4) is 0 Å². The quantitative estimate of drug-likeness (QED) is 0.883. The number of benzene rings is 1. The molecule has 3 atom stereocenters. The highest BCUT2D eigenvalue weighted by Crippen LogP contribution is 2.30. The lowest BCUT2D eigenvalue weighted by atomic mass is 9.93. The Balaban J connectivity index is 1.79. The monoisotopic (exact) mass is 273 g/mol. The van der Waals surface area contributed by atoms with Crippen molar-refractivity contribution in [1.29, 1.82) is 0 Å². The van der Waals surface area contributed by atoms with Crippen LogP contribution >= 0.6 is 0 Å². The normalized spacial score (nSPS) is 28.2. The zero-order chi connectivity index (χ0) is 14.1. The number of nitrogens with one attached hydrogen (secondary N) is 2. The van der Waals surface area contributed by atoms with E-state index in [1.165, 1.54) is 32.5 Å². The molecule has 0 spiro atoms. The van der Waals surface area contributed by atoms with E-state index in [0.717, 1.165) is 22.7 Å². The topological polar surface area (TPSA) is 44.4 Å². The molecular weight excluding hydrogens is 250 g/mol. The van der Waals surface area contributed by atoms with Crippen molar-refractivity contribution >= 4 is 11.6 Å². The molecule has 0 radical (unpaired) electrons. The molecule has 1 aromatic carbocycles. The van der Waals surface area contributed by atoms with Crippen LogP contribution in [0, 0.1) is 12.8 Å². The Morgan fingerprint density at radius 2 is 2.10 bits per heavy atom. The first-order chi connectivity index (χ1) is 9.69. The van der Waals surface area contributed by atoms with E-state index in [2.05, 4.69) is 21.6 Å². The predicted octanol–water partition coefficient (Wildman–Crippen LogP) is 1.86. The smallest absolute Gasteiger partial charge is 0.251 e. The molecule has 4 heteroatoms. The third-order valence-corrected chi connectivity index (χ3v) is 4.78. The summed E-state index contributed by atoms with van der Waals surface area (Å²) < 4.78 is 0. The van der Waals surface area contributed by atoms with E-state index in [1.807, 2.05) is 19.1 Å². The van der Waals surface area contributed by atoms with E-state index in [9.17, 15) is 4.79 Å². The first-order valence-corrected chi connectivity index (χ1v) is 7.49. The molecule has 3 unspecified atom stereocenters. The molecule has 2 heterocycles. The summed E-state index contributed by atoms with van der Waals surface area (Å²) in [7, 11) is 1.68. The van der Waals surface area contributed by atoms with Crippen molar-refractivity contribution in [2.75, 3.05) is 32.0 Å². The van der Waals surface area contributed by atoms with Gasteiger partial charge < -0.3 is 15.5 Å². The molecule has 2 N–H and O–H groups in total. The van der Waals surface area contributed by atoms with Crippen LogP contribution in [0.2, 0.25) is 0 Å². The maximum absolute atomic E-state index is 11.9. The van der Waals surface area contributed by atoms with Gasteiger partial charge in [0.1, 0.15) is 0 Å². The maximum Gasteiger partial charge on any atom is 0.251 e. The molecule has 2 bridgehead atoms. The Bertz CT molecular complexity index is 514. The van der Waals surface area contributed by atoms with Gasteiger partial charge in [0.05, 0.1) is 0 Å². The number of nitrogens with zero attached hydrogens (tertiary/aromatic N) is 1. The molecule has 0 saturated carbocycles. The van der Waals surface area contributed by atoms with Gasteiger partial charge in [-0.3, -0.25) is 4.79 Å². The van der Waals surface area contributed by atoms with Crippen LogP contribution in [0.15, 0.2) is 18.2 Å². The largest absolute Gasteiger partial charge is 0.382 e. The van der Waals surface area contributed by atoms with Crippen LogP contribution in [-0.2, 0) is 0 Å². The molecule has 20 heavy (non-hydrogen) atoms. The molecule has 0 aromatic heterocycles. The van der Waals surface area contributed by atoms with Crippen LogP contribution in [0.5, 0.6) is 0 Å². The minimum Gasteiger partial charge on any atom is -0.382 e. The lowest BCUT2D eigenvalue weighted by Gasteiger charge is -2.32. The van der Waals surface area contributed by atoms with E-state index < -0.39 is 0 Å². The third-order valence-electron chi connectivity index (χ3n) is 4.78. The zero-order valence-corrected chi connectivity index (χ0v) is 12.3. The van der Waals surface area contributed by atoms with Crippen molar-refractivity contribution in [3.05, 3.63) is 29.3 Å². The minimum atomic E-state index is -0.0122. The average molecular weight is 273 g/mol. The number of carbonyl (C=O) groups excluding carboxylic acids is 1. The van der Waals surface area contributed by atoms with Gasteiger partial charge in [-0.25, -0.2) is 0 Å². The van der Waals surface area contributed by atoms with E-state index in [0.29, 0.717) is 6.04 Å². The summed E-state index contributed by atoms with van der Waals surface area (Å²) in [5.74, 6) is 0.744. The Morgan fingerprint density at radius 3 is 2.90 bits per heavy atom. The van der Waals surface area contributed by atoms with E-state index in [-0.39, 0.29) is 5.91 Å². The summed E-state index contributed by atoms with van der Waals surface area (Å²) in [6.07, 6.45) is 2.50. The Hall–Kier alpha value is -1.55. The van der Waals surface area contributed by atoms with Crippen molar-refractivity contribution in [3.63, 3.8) is 0 Å². The Kier molecular flexibility index (Phi) is 3.66. The van der Waals surface area contributed by atoms with Gasteiger partial charge in [0, 0.05) is 37.4 Å². The molecule has 2 fully saturated rings. The molecule has 108 valence electrons. The lowest BCUT2D eigenvalue weighted by molar-refractivity contribution is 0.0962. The van der Waals surface area contributed by atoms with Gasteiger partial charge in [-0.1, -0.05) is 6.07 Å². The zero-order valence-electron chi connectivity index (χ0n) is 12.3.